The standard InChI is InChI=1S/C29H43N5O5Si/c1-38-26-18-21(17-25(35)28(26)37)29-31-23-19-22(8-9-24(23)34(29)20-39-15-16-40(2,3)4)32-11-13-33(14-12-32)27(36)7-5-6-10-30/h8-9,17-19,35,37H,5-7,10-16,20,30H2,1-4H3. The Morgan fingerprint density at radius 2 is 1.82 bits per heavy atom. The number of nitrogens with two attached hydrogens (primary N) is 1. The van der Waals surface area contributed by atoms with Crippen LogP contribution in [0.3, 0.4) is 0 Å². The lowest BCUT2D eigenvalue weighted by molar-refractivity contribution is -0.131. The van der Waals surface area contributed by atoms with Crippen LogP contribution < -0.4 is 15.4 Å². The third-order valence-corrected chi connectivity index (χ3v) is 9.03. The van der Waals surface area contributed by atoms with Gasteiger partial charge in [-0.15, -0.1) is 0 Å². The van der Waals surface area contributed by atoms with E-state index < -0.39 is 8.07 Å². The summed E-state index contributed by atoms with van der Waals surface area (Å²) in [4.78, 5) is 21.7. The Morgan fingerprint density at radius 1 is 1.07 bits per heavy atom. The van der Waals surface area contributed by atoms with E-state index in [1.165, 1.54) is 13.2 Å². The van der Waals surface area contributed by atoms with Crippen molar-refractivity contribution in [2.45, 2.75) is 51.7 Å². The lowest BCUT2D eigenvalue weighted by Crippen LogP contribution is -2.48. The molecule has 2 aromatic carbocycles. The van der Waals surface area contributed by atoms with E-state index in [0.717, 1.165) is 48.7 Å². The number of ether oxygens (including phenoxy) is 2. The van der Waals surface area contributed by atoms with Gasteiger partial charge in [0.2, 0.25) is 11.7 Å². The number of amides is 1. The predicted molar refractivity (Wildman–Crippen MR) is 161 cm³/mol. The summed E-state index contributed by atoms with van der Waals surface area (Å²) in [5, 5.41) is 20.5. The molecule has 0 radical (unpaired) electrons. The summed E-state index contributed by atoms with van der Waals surface area (Å²) in [5.41, 5.74) is 8.93. The number of anilines is 1. The summed E-state index contributed by atoms with van der Waals surface area (Å²) >= 11 is 0. The molecule has 1 aliphatic rings. The molecule has 0 aliphatic carbocycles. The number of carbonyl (C=O) groups is 1. The summed E-state index contributed by atoms with van der Waals surface area (Å²) in [6.07, 6.45) is 2.27. The van der Waals surface area contributed by atoms with Crippen LogP contribution in [0.1, 0.15) is 19.3 Å². The molecular formula is C29H43N5O5Si. The molecule has 40 heavy (non-hydrogen) atoms. The van der Waals surface area contributed by atoms with Gasteiger partial charge in [0.05, 0.1) is 18.1 Å². The fourth-order valence-corrected chi connectivity index (χ4v) is 5.63. The van der Waals surface area contributed by atoms with Crippen molar-refractivity contribution in [3.05, 3.63) is 30.3 Å². The number of imidazole rings is 1. The van der Waals surface area contributed by atoms with E-state index in [0.29, 0.717) is 50.8 Å². The van der Waals surface area contributed by atoms with E-state index in [1.807, 2.05) is 15.5 Å². The first-order chi connectivity index (χ1) is 19.1. The van der Waals surface area contributed by atoms with Crippen LogP contribution in [0.25, 0.3) is 22.4 Å². The van der Waals surface area contributed by atoms with Crippen molar-refractivity contribution in [3.63, 3.8) is 0 Å². The van der Waals surface area contributed by atoms with Gasteiger partial charge < -0.3 is 35.2 Å². The number of hydrogen-bond donors (Lipinski definition) is 3. The largest absolute Gasteiger partial charge is 0.504 e. The normalized spacial score (nSPS) is 14.2. The highest BCUT2D eigenvalue weighted by Gasteiger charge is 2.23. The van der Waals surface area contributed by atoms with Gasteiger partial charge in [0, 0.05) is 58.5 Å². The van der Waals surface area contributed by atoms with Gasteiger partial charge in [0.1, 0.15) is 12.6 Å². The minimum atomic E-state index is -1.25. The number of methoxy groups -OCH3 is 1. The molecule has 0 saturated carbocycles. The number of benzene rings is 2. The molecule has 0 bridgehead atoms. The molecule has 10 nitrogen and oxygen atoms in total. The predicted octanol–water partition coefficient (Wildman–Crippen LogP) is 4.21. The maximum Gasteiger partial charge on any atom is 0.222 e. The van der Waals surface area contributed by atoms with Crippen LogP contribution >= 0.6 is 0 Å². The number of rotatable bonds is 12. The summed E-state index contributed by atoms with van der Waals surface area (Å²) in [6.45, 7) is 11.4. The van der Waals surface area contributed by atoms with Crippen LogP contribution in [-0.4, -0.2) is 85.1 Å². The molecule has 3 aromatic rings. The number of aromatic nitrogens is 2. The van der Waals surface area contributed by atoms with Gasteiger partial charge >= 0.3 is 0 Å². The molecule has 1 amide bonds. The van der Waals surface area contributed by atoms with Crippen molar-refractivity contribution in [1.29, 1.82) is 0 Å². The molecular weight excluding hydrogens is 526 g/mol. The number of fused-ring (bicyclic) bond motifs is 1. The third kappa shape index (κ3) is 7.07. The first-order valence-electron chi connectivity index (χ1n) is 14.0. The number of hydrogen-bond acceptors (Lipinski definition) is 8. The van der Waals surface area contributed by atoms with E-state index in [2.05, 4.69) is 36.7 Å². The average molecular weight is 570 g/mol. The van der Waals surface area contributed by atoms with Gasteiger partial charge in [-0.25, -0.2) is 4.98 Å². The maximum atomic E-state index is 12.5. The molecule has 0 spiro atoms. The molecule has 11 heteroatoms. The molecule has 1 saturated heterocycles. The first-order valence-corrected chi connectivity index (χ1v) is 17.7. The molecule has 218 valence electrons. The van der Waals surface area contributed by atoms with Gasteiger partial charge in [0.15, 0.2) is 11.5 Å². The minimum Gasteiger partial charge on any atom is -0.504 e. The van der Waals surface area contributed by atoms with Crippen molar-refractivity contribution >= 4 is 30.7 Å². The molecule has 0 unspecified atom stereocenters. The van der Waals surface area contributed by atoms with E-state index in [-0.39, 0.29) is 23.2 Å². The number of nitrogens with zero attached hydrogens (tertiary/aromatic N) is 4. The maximum absolute atomic E-state index is 12.5. The second-order valence-electron chi connectivity index (χ2n) is 11.5. The lowest BCUT2D eigenvalue weighted by Gasteiger charge is -2.36. The highest BCUT2D eigenvalue weighted by molar-refractivity contribution is 6.76. The number of unbranched alkanes of at least 4 members (excludes halogenated alkanes) is 1. The minimum absolute atomic E-state index is 0.171. The zero-order valence-electron chi connectivity index (χ0n) is 24.2. The van der Waals surface area contributed by atoms with Crippen LogP contribution in [0, 0.1) is 0 Å². The zero-order valence-corrected chi connectivity index (χ0v) is 25.2. The van der Waals surface area contributed by atoms with Crippen LogP contribution in [0.2, 0.25) is 25.7 Å². The topological polar surface area (TPSA) is 126 Å². The van der Waals surface area contributed by atoms with Crippen LogP contribution in [0.15, 0.2) is 30.3 Å². The van der Waals surface area contributed by atoms with Crippen LogP contribution in [0.5, 0.6) is 17.2 Å². The SMILES string of the molecule is COc1cc(-c2nc3cc(N4CCN(C(=O)CCCCN)CC4)ccc3n2COCC[Si](C)(C)C)cc(O)c1O. The van der Waals surface area contributed by atoms with Gasteiger partial charge in [-0.3, -0.25) is 9.36 Å². The average Bonchev–Trinajstić information content (AvgIpc) is 3.30. The second kappa shape index (κ2) is 12.9. The molecule has 1 fully saturated rings. The Bertz CT molecular complexity index is 1310. The smallest absolute Gasteiger partial charge is 0.222 e. The van der Waals surface area contributed by atoms with Gasteiger partial charge in [-0.05, 0) is 55.8 Å². The number of phenolic OH excluding ortho intramolecular Hbond substituents is 2. The monoisotopic (exact) mass is 569 g/mol. The van der Waals surface area contributed by atoms with Crippen molar-refractivity contribution in [2.24, 2.45) is 5.73 Å². The van der Waals surface area contributed by atoms with Crippen LogP contribution in [-0.2, 0) is 16.3 Å². The molecule has 0 atom stereocenters. The highest BCUT2D eigenvalue weighted by atomic mass is 28.3. The third-order valence-electron chi connectivity index (χ3n) is 7.32. The molecule has 1 aliphatic heterocycles. The summed E-state index contributed by atoms with van der Waals surface area (Å²) < 4.78 is 13.4. The van der Waals surface area contributed by atoms with E-state index in [9.17, 15) is 15.0 Å². The number of carbonyl (C=O) groups excluding carboxylic acids is 1. The highest BCUT2D eigenvalue weighted by Crippen LogP contribution is 2.40. The van der Waals surface area contributed by atoms with Crippen molar-refractivity contribution in [2.75, 3.05) is 51.3 Å². The Labute approximate surface area is 237 Å². The van der Waals surface area contributed by atoms with E-state index in [1.54, 1.807) is 6.07 Å². The Hall–Kier alpha value is -3.28. The second-order valence-corrected chi connectivity index (χ2v) is 17.2. The van der Waals surface area contributed by atoms with Crippen molar-refractivity contribution in [1.82, 2.24) is 14.5 Å². The Morgan fingerprint density at radius 3 is 2.50 bits per heavy atom. The number of aromatic hydroxyl groups is 2. The van der Waals surface area contributed by atoms with Crippen molar-refractivity contribution < 1.29 is 24.5 Å². The Kier molecular flexibility index (Phi) is 9.59. The first kappa shape index (κ1) is 29.7. The molecule has 2 heterocycles. The number of phenols is 2. The summed E-state index contributed by atoms with van der Waals surface area (Å²) in [7, 11) is 0.198. The lowest BCUT2D eigenvalue weighted by atomic mass is 10.1. The van der Waals surface area contributed by atoms with E-state index in [4.69, 9.17) is 20.2 Å². The van der Waals surface area contributed by atoms with Gasteiger partial charge in [0.25, 0.3) is 0 Å². The molecule has 4 N–H and O–H groups in total. The molecule has 4 rings (SSSR count). The fourth-order valence-electron chi connectivity index (χ4n) is 4.87. The zero-order chi connectivity index (χ0) is 28.9. The fraction of sp³-hybridized carbons (Fsp3) is 0.517. The van der Waals surface area contributed by atoms with Crippen LogP contribution in [0.4, 0.5) is 5.69 Å². The quantitative estimate of drug-likeness (QED) is 0.168. The van der Waals surface area contributed by atoms with Gasteiger partial charge in [-0.1, -0.05) is 19.6 Å². The molecule has 1 aromatic heterocycles. The van der Waals surface area contributed by atoms with Crippen molar-refractivity contribution in [3.8, 4) is 28.6 Å². The Balaban J connectivity index is 1.58. The number of piperazine rings is 1. The summed E-state index contributed by atoms with van der Waals surface area (Å²) in [5.74, 6) is 0.406. The van der Waals surface area contributed by atoms with E-state index >= 15 is 0 Å². The summed E-state index contributed by atoms with van der Waals surface area (Å²) in [6, 6.07) is 10.4. The van der Waals surface area contributed by atoms with Gasteiger partial charge in [-0.2, -0.15) is 0 Å².